The average Bonchev–Trinajstić information content (AvgIpc) is 2.31. The van der Waals surface area contributed by atoms with Gasteiger partial charge in [0.15, 0.2) is 0 Å². The maximum absolute atomic E-state index is 11.9. The van der Waals surface area contributed by atoms with Gasteiger partial charge in [0.25, 0.3) is 0 Å². The molecule has 2 N–H and O–H groups in total. The van der Waals surface area contributed by atoms with E-state index in [1.165, 1.54) is 11.3 Å². The van der Waals surface area contributed by atoms with Crippen molar-refractivity contribution in [3.8, 4) is 0 Å². The van der Waals surface area contributed by atoms with Crippen molar-refractivity contribution in [2.45, 2.75) is 18.6 Å². The molecule has 0 unspecified atom stereocenters. The van der Waals surface area contributed by atoms with Crippen molar-refractivity contribution >= 4 is 27.3 Å². The van der Waals surface area contributed by atoms with Crippen molar-refractivity contribution in [2.75, 3.05) is 0 Å². The average molecular weight is 274 g/mol. The van der Waals surface area contributed by atoms with Crippen molar-refractivity contribution in [3.05, 3.63) is 20.8 Å². The molecule has 0 saturated carbocycles. The van der Waals surface area contributed by atoms with Gasteiger partial charge in [0.1, 0.15) is 0 Å². The van der Waals surface area contributed by atoms with Crippen LogP contribution in [0.15, 0.2) is 15.9 Å². The molecule has 0 aliphatic rings. The molecule has 0 saturated heterocycles. The van der Waals surface area contributed by atoms with Crippen molar-refractivity contribution in [1.29, 1.82) is 0 Å². The van der Waals surface area contributed by atoms with Gasteiger partial charge in [-0.3, -0.25) is 0 Å². The molecule has 1 aromatic heterocycles. The fourth-order valence-electron chi connectivity index (χ4n) is 0.878. The molecule has 0 aliphatic heterocycles. The minimum atomic E-state index is -4.20. The second-order valence-electron chi connectivity index (χ2n) is 2.57. The third kappa shape index (κ3) is 3.66. The molecule has 0 radical (unpaired) electrons. The maximum atomic E-state index is 11.9. The van der Waals surface area contributed by atoms with Crippen molar-refractivity contribution in [1.82, 2.24) is 0 Å². The highest BCUT2D eigenvalue weighted by atomic mass is 79.9. The molecule has 1 atom stereocenters. The summed E-state index contributed by atoms with van der Waals surface area (Å²) in [5.41, 5.74) is 5.36. The highest BCUT2D eigenvalue weighted by Gasteiger charge is 2.31. The van der Waals surface area contributed by atoms with Crippen LogP contribution in [0.2, 0.25) is 0 Å². The monoisotopic (exact) mass is 273 g/mol. The quantitative estimate of drug-likeness (QED) is 0.878. The minimum Gasteiger partial charge on any atom is -0.323 e. The van der Waals surface area contributed by atoms with Gasteiger partial charge in [-0.25, -0.2) is 0 Å². The molecule has 1 nitrogen and oxygen atoms in total. The largest absolute Gasteiger partial charge is 0.390 e. The van der Waals surface area contributed by atoms with Crippen LogP contribution in [0.1, 0.15) is 17.3 Å². The van der Waals surface area contributed by atoms with Crippen molar-refractivity contribution in [3.63, 3.8) is 0 Å². The molecule has 0 bridgehead atoms. The molecule has 0 amide bonds. The first kappa shape index (κ1) is 11.0. The summed E-state index contributed by atoms with van der Waals surface area (Å²) in [6, 6.07) is 2.35. The van der Waals surface area contributed by atoms with Gasteiger partial charge >= 0.3 is 6.18 Å². The molecule has 0 aromatic carbocycles. The second-order valence-corrected chi connectivity index (χ2v) is 5.06. The zero-order valence-corrected chi connectivity index (χ0v) is 8.84. The first-order valence-corrected chi connectivity index (χ1v) is 5.07. The second kappa shape index (κ2) is 3.98. The first-order valence-electron chi connectivity index (χ1n) is 3.46. The summed E-state index contributed by atoms with van der Waals surface area (Å²) in [4.78, 5) is 0.546. The topological polar surface area (TPSA) is 26.0 Å². The number of alkyl halides is 3. The van der Waals surface area contributed by atoms with E-state index in [1.54, 1.807) is 12.1 Å². The van der Waals surface area contributed by atoms with Crippen LogP contribution in [-0.4, -0.2) is 6.18 Å². The van der Waals surface area contributed by atoms with Crippen LogP contribution >= 0.6 is 27.3 Å². The van der Waals surface area contributed by atoms with E-state index < -0.39 is 18.6 Å². The number of rotatable bonds is 2. The Labute approximate surface area is 85.9 Å². The van der Waals surface area contributed by atoms with Crippen LogP contribution in [0.5, 0.6) is 0 Å². The standard InChI is InChI=1S/C7H7BrF3NS/c8-6-2-1-5(13-6)4(12)3-7(9,10)11/h1-2,4H,3,12H2/t4-/m1/s1. The Morgan fingerprint density at radius 3 is 2.46 bits per heavy atom. The molecule has 13 heavy (non-hydrogen) atoms. The number of thiophene rings is 1. The van der Waals surface area contributed by atoms with E-state index in [2.05, 4.69) is 15.9 Å². The Hall–Kier alpha value is -0.0700. The van der Waals surface area contributed by atoms with E-state index in [0.717, 1.165) is 3.79 Å². The van der Waals surface area contributed by atoms with Crippen LogP contribution in [0, 0.1) is 0 Å². The molecule has 1 heterocycles. The van der Waals surface area contributed by atoms with E-state index in [-0.39, 0.29) is 0 Å². The summed E-state index contributed by atoms with van der Waals surface area (Å²) in [7, 11) is 0. The van der Waals surface area contributed by atoms with Crippen LogP contribution in [-0.2, 0) is 0 Å². The van der Waals surface area contributed by atoms with Crippen molar-refractivity contribution in [2.24, 2.45) is 5.73 Å². The molecule has 0 aliphatic carbocycles. The van der Waals surface area contributed by atoms with Gasteiger partial charge in [-0.05, 0) is 28.1 Å². The molecule has 1 rings (SSSR count). The molecule has 6 heteroatoms. The van der Waals surface area contributed by atoms with E-state index in [9.17, 15) is 13.2 Å². The van der Waals surface area contributed by atoms with Gasteiger partial charge in [-0.2, -0.15) is 13.2 Å². The van der Waals surface area contributed by atoms with Crippen LogP contribution in [0.4, 0.5) is 13.2 Å². The minimum absolute atomic E-state index is 0.546. The lowest BCUT2D eigenvalue weighted by Gasteiger charge is -2.11. The summed E-state index contributed by atoms with van der Waals surface area (Å²) in [5, 5.41) is 0. The predicted octanol–water partition coefficient (Wildman–Crippen LogP) is 3.46. The fraction of sp³-hybridized carbons (Fsp3) is 0.429. The van der Waals surface area contributed by atoms with E-state index in [0.29, 0.717) is 4.88 Å². The summed E-state index contributed by atoms with van der Waals surface area (Å²) in [5.74, 6) is 0. The van der Waals surface area contributed by atoms with E-state index in [4.69, 9.17) is 5.73 Å². The maximum Gasteiger partial charge on any atom is 0.390 e. The lowest BCUT2D eigenvalue weighted by Crippen LogP contribution is -2.19. The zero-order chi connectivity index (χ0) is 10.1. The van der Waals surface area contributed by atoms with Crippen LogP contribution < -0.4 is 5.73 Å². The Morgan fingerprint density at radius 2 is 2.08 bits per heavy atom. The first-order chi connectivity index (χ1) is 5.88. The van der Waals surface area contributed by atoms with Crippen LogP contribution in [0.3, 0.4) is 0 Å². The Morgan fingerprint density at radius 1 is 1.46 bits per heavy atom. The molecular weight excluding hydrogens is 267 g/mol. The van der Waals surface area contributed by atoms with Gasteiger partial charge in [-0.15, -0.1) is 11.3 Å². The third-order valence-corrected chi connectivity index (χ3v) is 3.17. The highest BCUT2D eigenvalue weighted by molar-refractivity contribution is 9.11. The van der Waals surface area contributed by atoms with Crippen molar-refractivity contribution < 1.29 is 13.2 Å². The van der Waals surface area contributed by atoms with Gasteiger partial charge < -0.3 is 5.73 Å². The summed E-state index contributed by atoms with van der Waals surface area (Å²) in [6.45, 7) is 0. The predicted molar refractivity (Wildman–Crippen MR) is 49.6 cm³/mol. The molecular formula is C7H7BrF3NS. The van der Waals surface area contributed by atoms with E-state index >= 15 is 0 Å². The lowest BCUT2D eigenvalue weighted by atomic mass is 10.2. The number of hydrogen-bond donors (Lipinski definition) is 1. The Balaban J connectivity index is 2.64. The zero-order valence-electron chi connectivity index (χ0n) is 6.44. The smallest absolute Gasteiger partial charge is 0.323 e. The molecule has 74 valence electrons. The van der Waals surface area contributed by atoms with Gasteiger partial charge in [-0.1, -0.05) is 0 Å². The highest BCUT2D eigenvalue weighted by Crippen LogP contribution is 2.32. The summed E-state index contributed by atoms with van der Waals surface area (Å²) in [6.07, 6.45) is -5.17. The third-order valence-electron chi connectivity index (χ3n) is 1.41. The van der Waals surface area contributed by atoms with Gasteiger partial charge in [0, 0.05) is 10.9 Å². The van der Waals surface area contributed by atoms with Crippen LogP contribution in [0.25, 0.3) is 0 Å². The Bertz CT molecular complexity index is 284. The van der Waals surface area contributed by atoms with Gasteiger partial charge in [0.2, 0.25) is 0 Å². The Kier molecular flexibility index (Phi) is 3.37. The normalized spacial score (nSPS) is 14.5. The fourth-order valence-corrected chi connectivity index (χ4v) is 2.30. The SMILES string of the molecule is N[C@H](CC(F)(F)F)c1ccc(Br)s1. The van der Waals surface area contributed by atoms with Gasteiger partial charge in [0.05, 0.1) is 10.2 Å². The number of halogens is 4. The summed E-state index contributed by atoms with van der Waals surface area (Å²) >= 11 is 4.39. The lowest BCUT2D eigenvalue weighted by molar-refractivity contribution is -0.138. The molecule has 0 spiro atoms. The number of hydrogen-bond acceptors (Lipinski definition) is 2. The molecule has 1 aromatic rings. The molecule has 0 fully saturated rings. The van der Waals surface area contributed by atoms with E-state index in [1.807, 2.05) is 0 Å². The number of nitrogens with two attached hydrogens (primary N) is 1. The summed E-state index contributed by atoms with van der Waals surface area (Å²) < 4.78 is 36.5.